The molecule has 70 valence electrons. The van der Waals surface area contributed by atoms with Crippen LogP contribution in [0.4, 0.5) is 13.2 Å². The fraction of sp³-hybridized carbons (Fsp3) is 0.625. The lowest BCUT2D eigenvalue weighted by Gasteiger charge is -2.14. The van der Waals surface area contributed by atoms with Crippen LogP contribution >= 0.6 is 0 Å². The predicted molar refractivity (Wildman–Crippen MR) is 39.7 cm³/mol. The van der Waals surface area contributed by atoms with Crippen LogP contribution in [0, 0.1) is 5.92 Å². The number of carbonyl (C=O) groups is 1. The maximum Gasteiger partial charge on any atom is 0.413 e. The molecule has 0 bridgehead atoms. The standard InChI is InChI=1S/C8H11F3O/c1-5(2)7(4-6(3)12)8(9,10)11/h4-5H,1-3H3/b7-4-. The van der Waals surface area contributed by atoms with E-state index in [4.69, 9.17) is 0 Å². The first-order valence-electron chi connectivity index (χ1n) is 3.54. The molecule has 0 saturated carbocycles. The van der Waals surface area contributed by atoms with Crippen molar-refractivity contribution in [3.8, 4) is 0 Å². The summed E-state index contributed by atoms with van der Waals surface area (Å²) in [5.74, 6) is -1.25. The van der Waals surface area contributed by atoms with Gasteiger partial charge in [-0.05, 0) is 18.9 Å². The SMILES string of the molecule is CC(=O)/C=C(/C(C)C)C(F)(F)F. The van der Waals surface area contributed by atoms with Crippen molar-refractivity contribution in [1.82, 2.24) is 0 Å². The third kappa shape index (κ3) is 3.55. The van der Waals surface area contributed by atoms with E-state index in [1.807, 2.05) is 0 Å². The molecule has 0 aromatic heterocycles. The second kappa shape index (κ2) is 3.74. The van der Waals surface area contributed by atoms with Gasteiger partial charge in [0.25, 0.3) is 0 Å². The first kappa shape index (κ1) is 11.2. The molecular weight excluding hydrogens is 169 g/mol. The minimum Gasteiger partial charge on any atom is -0.295 e. The predicted octanol–water partition coefficient (Wildman–Crippen LogP) is 2.72. The Morgan fingerprint density at radius 3 is 1.83 bits per heavy atom. The van der Waals surface area contributed by atoms with Crippen LogP contribution < -0.4 is 0 Å². The van der Waals surface area contributed by atoms with E-state index in [9.17, 15) is 18.0 Å². The first-order chi connectivity index (χ1) is 5.25. The minimum absolute atomic E-state index is 0.573. The van der Waals surface area contributed by atoms with E-state index < -0.39 is 23.5 Å². The Bertz CT molecular complexity index is 201. The number of allylic oxidation sites excluding steroid dienone is 2. The Kier molecular flexibility index (Phi) is 3.49. The Morgan fingerprint density at radius 2 is 1.75 bits per heavy atom. The van der Waals surface area contributed by atoms with Gasteiger partial charge in [-0.25, -0.2) is 0 Å². The average molecular weight is 180 g/mol. The van der Waals surface area contributed by atoms with Crippen molar-refractivity contribution in [3.63, 3.8) is 0 Å². The summed E-state index contributed by atoms with van der Waals surface area (Å²) in [6, 6.07) is 0. The van der Waals surface area contributed by atoms with Crippen molar-refractivity contribution in [2.45, 2.75) is 26.9 Å². The minimum atomic E-state index is -4.39. The van der Waals surface area contributed by atoms with E-state index in [0.29, 0.717) is 6.08 Å². The Morgan fingerprint density at radius 1 is 1.33 bits per heavy atom. The summed E-state index contributed by atoms with van der Waals surface area (Å²) in [5, 5.41) is 0. The Hall–Kier alpha value is -0.800. The third-order valence-electron chi connectivity index (χ3n) is 1.31. The highest BCUT2D eigenvalue weighted by molar-refractivity contribution is 5.88. The molecule has 0 saturated heterocycles. The topological polar surface area (TPSA) is 17.1 Å². The molecule has 0 aromatic carbocycles. The molecule has 0 fully saturated rings. The highest BCUT2D eigenvalue weighted by Crippen LogP contribution is 2.30. The second-order valence-corrected chi connectivity index (χ2v) is 2.86. The Balaban J connectivity index is 4.80. The lowest BCUT2D eigenvalue weighted by atomic mass is 10.0. The zero-order valence-corrected chi connectivity index (χ0v) is 7.20. The number of carbonyl (C=O) groups excluding carboxylic acids is 1. The summed E-state index contributed by atoms with van der Waals surface area (Å²) in [6.07, 6.45) is -3.75. The normalized spacial score (nSPS) is 13.8. The van der Waals surface area contributed by atoms with E-state index >= 15 is 0 Å². The fourth-order valence-corrected chi connectivity index (χ4v) is 0.795. The van der Waals surface area contributed by atoms with Gasteiger partial charge in [-0.15, -0.1) is 0 Å². The van der Waals surface area contributed by atoms with Crippen molar-refractivity contribution in [1.29, 1.82) is 0 Å². The molecule has 0 spiro atoms. The monoisotopic (exact) mass is 180 g/mol. The number of alkyl halides is 3. The molecule has 0 aliphatic rings. The molecule has 0 radical (unpaired) electrons. The number of rotatable bonds is 2. The summed E-state index contributed by atoms with van der Waals surface area (Å²) in [5.41, 5.74) is -0.769. The lowest BCUT2D eigenvalue weighted by molar-refractivity contribution is -0.115. The van der Waals surface area contributed by atoms with Crippen LogP contribution in [0.1, 0.15) is 20.8 Å². The summed E-state index contributed by atoms with van der Waals surface area (Å²) in [6.45, 7) is 3.92. The molecule has 0 amide bonds. The lowest BCUT2D eigenvalue weighted by Crippen LogP contribution is -2.17. The van der Waals surface area contributed by atoms with Crippen molar-refractivity contribution in [2.24, 2.45) is 5.92 Å². The van der Waals surface area contributed by atoms with Gasteiger partial charge >= 0.3 is 6.18 Å². The second-order valence-electron chi connectivity index (χ2n) is 2.86. The van der Waals surface area contributed by atoms with Crippen molar-refractivity contribution in [2.75, 3.05) is 0 Å². The van der Waals surface area contributed by atoms with Crippen LogP contribution in [0.2, 0.25) is 0 Å². The number of hydrogen-bond donors (Lipinski definition) is 0. The van der Waals surface area contributed by atoms with Gasteiger partial charge in [-0.2, -0.15) is 13.2 Å². The molecule has 0 unspecified atom stereocenters. The molecule has 0 heterocycles. The zero-order valence-electron chi connectivity index (χ0n) is 7.20. The van der Waals surface area contributed by atoms with Gasteiger partial charge in [-0.1, -0.05) is 13.8 Å². The highest BCUT2D eigenvalue weighted by Gasteiger charge is 2.35. The maximum absolute atomic E-state index is 12.1. The van der Waals surface area contributed by atoms with Gasteiger partial charge in [0.1, 0.15) is 0 Å². The molecule has 0 atom stereocenters. The van der Waals surface area contributed by atoms with Crippen LogP contribution in [0.15, 0.2) is 11.6 Å². The molecule has 1 nitrogen and oxygen atoms in total. The van der Waals surface area contributed by atoms with Gasteiger partial charge < -0.3 is 0 Å². The van der Waals surface area contributed by atoms with Crippen molar-refractivity contribution < 1.29 is 18.0 Å². The van der Waals surface area contributed by atoms with Crippen LogP contribution in [-0.4, -0.2) is 12.0 Å². The van der Waals surface area contributed by atoms with Crippen LogP contribution in [-0.2, 0) is 4.79 Å². The number of halogens is 3. The van der Waals surface area contributed by atoms with Gasteiger partial charge in [0.05, 0.1) is 0 Å². The van der Waals surface area contributed by atoms with E-state index in [-0.39, 0.29) is 0 Å². The quantitative estimate of drug-likeness (QED) is 0.597. The Labute approximate surface area is 69.3 Å². The van der Waals surface area contributed by atoms with Crippen LogP contribution in [0.25, 0.3) is 0 Å². The molecule has 12 heavy (non-hydrogen) atoms. The van der Waals surface area contributed by atoms with Gasteiger partial charge in [0.15, 0.2) is 5.78 Å². The molecule has 0 rings (SSSR count). The van der Waals surface area contributed by atoms with E-state index in [1.54, 1.807) is 0 Å². The summed E-state index contributed by atoms with van der Waals surface area (Å²) in [7, 11) is 0. The van der Waals surface area contributed by atoms with Gasteiger partial charge in [0.2, 0.25) is 0 Å². The maximum atomic E-state index is 12.1. The molecule has 0 aliphatic carbocycles. The zero-order chi connectivity index (χ0) is 9.94. The number of hydrogen-bond acceptors (Lipinski definition) is 1. The third-order valence-corrected chi connectivity index (χ3v) is 1.31. The fourth-order valence-electron chi connectivity index (χ4n) is 0.795. The molecule has 0 aromatic rings. The molecular formula is C8H11F3O. The average Bonchev–Trinajstić information content (AvgIpc) is 1.79. The molecule has 0 N–H and O–H groups in total. The first-order valence-corrected chi connectivity index (χ1v) is 3.54. The van der Waals surface area contributed by atoms with E-state index in [2.05, 4.69) is 0 Å². The highest BCUT2D eigenvalue weighted by atomic mass is 19.4. The number of ketones is 1. The summed E-state index contributed by atoms with van der Waals surface area (Å²) < 4.78 is 36.3. The largest absolute Gasteiger partial charge is 0.413 e. The molecule has 0 aliphatic heterocycles. The van der Waals surface area contributed by atoms with Crippen LogP contribution in [0.3, 0.4) is 0 Å². The summed E-state index contributed by atoms with van der Waals surface area (Å²) in [4.78, 5) is 10.4. The van der Waals surface area contributed by atoms with Crippen LogP contribution in [0.5, 0.6) is 0 Å². The summed E-state index contributed by atoms with van der Waals surface area (Å²) >= 11 is 0. The van der Waals surface area contributed by atoms with Gasteiger partial charge in [0, 0.05) is 5.57 Å². The molecule has 4 heteroatoms. The van der Waals surface area contributed by atoms with Gasteiger partial charge in [-0.3, -0.25) is 4.79 Å². The van der Waals surface area contributed by atoms with Crippen molar-refractivity contribution >= 4 is 5.78 Å². The smallest absolute Gasteiger partial charge is 0.295 e. The van der Waals surface area contributed by atoms with E-state index in [0.717, 1.165) is 6.92 Å². The van der Waals surface area contributed by atoms with Crippen molar-refractivity contribution in [3.05, 3.63) is 11.6 Å². The van der Waals surface area contributed by atoms with E-state index in [1.165, 1.54) is 13.8 Å².